The van der Waals surface area contributed by atoms with E-state index in [1.54, 1.807) is 11.8 Å². The fourth-order valence-electron chi connectivity index (χ4n) is 2.68. The quantitative estimate of drug-likeness (QED) is 0.867. The summed E-state index contributed by atoms with van der Waals surface area (Å²) in [5, 5.41) is 7.03. The first-order valence-corrected chi connectivity index (χ1v) is 9.27. The van der Waals surface area contributed by atoms with E-state index in [1.165, 1.54) is 11.3 Å². The molecule has 1 aromatic heterocycles. The van der Waals surface area contributed by atoms with E-state index >= 15 is 0 Å². The van der Waals surface area contributed by atoms with Crippen LogP contribution in [0.15, 0.2) is 16.8 Å². The summed E-state index contributed by atoms with van der Waals surface area (Å²) in [7, 11) is 0. The number of thioether (sulfide) groups is 1. The third kappa shape index (κ3) is 3.95. The van der Waals surface area contributed by atoms with Crippen molar-refractivity contribution in [2.24, 2.45) is 0 Å². The van der Waals surface area contributed by atoms with Crippen molar-refractivity contribution in [2.45, 2.75) is 12.5 Å². The van der Waals surface area contributed by atoms with Gasteiger partial charge in [0.1, 0.15) is 0 Å². The highest BCUT2D eigenvalue weighted by molar-refractivity contribution is 7.99. The van der Waals surface area contributed by atoms with Crippen LogP contribution < -0.4 is 5.32 Å². The molecular weight excluding hydrogens is 342 g/mol. The highest BCUT2D eigenvalue weighted by Crippen LogP contribution is 2.15. The van der Waals surface area contributed by atoms with Gasteiger partial charge in [-0.15, -0.1) is 24.2 Å². The predicted molar refractivity (Wildman–Crippen MR) is 92.9 cm³/mol. The standard InChI is InChI=1S/C14H19N3O2S2.ClH/c18-13(11-2-7-20-8-11)16-3-1-4-17(6-5-16)14(19)12-9-21-10-15-12;/h2,7-8,12,15H,1,3-6,9-10H2;1H. The van der Waals surface area contributed by atoms with Crippen molar-refractivity contribution >= 4 is 47.3 Å². The Balaban J connectivity index is 0.00000176. The van der Waals surface area contributed by atoms with Gasteiger partial charge in [0.05, 0.1) is 11.6 Å². The SMILES string of the molecule is Cl.O=C(c1ccsc1)N1CCCN(C(=O)C2CSCN2)CC1. The second kappa shape index (κ2) is 8.19. The fourth-order valence-corrected chi connectivity index (χ4v) is 4.25. The molecule has 0 bridgehead atoms. The van der Waals surface area contributed by atoms with Crippen LogP contribution in [0.4, 0.5) is 0 Å². The minimum Gasteiger partial charge on any atom is -0.339 e. The zero-order valence-corrected chi connectivity index (χ0v) is 14.6. The first-order chi connectivity index (χ1) is 10.3. The van der Waals surface area contributed by atoms with Gasteiger partial charge in [0.25, 0.3) is 5.91 Å². The largest absolute Gasteiger partial charge is 0.339 e. The molecule has 5 nitrogen and oxygen atoms in total. The summed E-state index contributed by atoms with van der Waals surface area (Å²) in [6, 6.07) is 1.81. The average molecular weight is 362 g/mol. The lowest BCUT2D eigenvalue weighted by Gasteiger charge is -2.24. The molecular formula is C14H20ClN3O2S2. The van der Waals surface area contributed by atoms with E-state index in [4.69, 9.17) is 0 Å². The number of carbonyl (C=O) groups excluding carboxylic acids is 2. The first-order valence-electron chi connectivity index (χ1n) is 7.17. The topological polar surface area (TPSA) is 52.7 Å². The van der Waals surface area contributed by atoms with Gasteiger partial charge in [0, 0.05) is 43.2 Å². The van der Waals surface area contributed by atoms with Gasteiger partial charge in [0.2, 0.25) is 5.91 Å². The molecule has 0 saturated carbocycles. The van der Waals surface area contributed by atoms with E-state index in [0.717, 1.165) is 36.7 Å². The highest BCUT2D eigenvalue weighted by Gasteiger charge is 2.29. The monoisotopic (exact) mass is 361 g/mol. The summed E-state index contributed by atoms with van der Waals surface area (Å²) in [5.74, 6) is 1.98. The van der Waals surface area contributed by atoms with E-state index < -0.39 is 0 Å². The van der Waals surface area contributed by atoms with E-state index in [0.29, 0.717) is 13.1 Å². The van der Waals surface area contributed by atoms with Crippen molar-refractivity contribution < 1.29 is 9.59 Å². The summed E-state index contributed by atoms with van der Waals surface area (Å²) < 4.78 is 0. The molecule has 3 rings (SSSR count). The van der Waals surface area contributed by atoms with Crippen molar-refractivity contribution in [3.05, 3.63) is 22.4 Å². The molecule has 1 atom stereocenters. The van der Waals surface area contributed by atoms with Crippen LogP contribution in [0, 0.1) is 0 Å². The molecule has 0 spiro atoms. The molecule has 1 unspecified atom stereocenters. The van der Waals surface area contributed by atoms with E-state index in [9.17, 15) is 9.59 Å². The lowest BCUT2D eigenvalue weighted by atomic mass is 10.2. The molecule has 3 heterocycles. The van der Waals surface area contributed by atoms with Crippen LogP contribution in [0.1, 0.15) is 16.8 Å². The van der Waals surface area contributed by atoms with Gasteiger partial charge < -0.3 is 9.80 Å². The van der Waals surface area contributed by atoms with Crippen molar-refractivity contribution in [1.82, 2.24) is 15.1 Å². The molecule has 22 heavy (non-hydrogen) atoms. The van der Waals surface area contributed by atoms with Crippen LogP contribution >= 0.6 is 35.5 Å². The maximum atomic E-state index is 12.4. The second-order valence-electron chi connectivity index (χ2n) is 5.25. The van der Waals surface area contributed by atoms with Gasteiger partial charge >= 0.3 is 0 Å². The highest BCUT2D eigenvalue weighted by atomic mass is 35.5. The Labute approximate surface area is 144 Å². The minimum atomic E-state index is -0.0471. The van der Waals surface area contributed by atoms with Crippen LogP contribution in [0.5, 0.6) is 0 Å². The van der Waals surface area contributed by atoms with E-state index in [2.05, 4.69) is 5.32 Å². The summed E-state index contributed by atoms with van der Waals surface area (Å²) in [6.45, 7) is 2.73. The number of rotatable bonds is 2. The Bertz CT molecular complexity index is 506. The number of hydrogen-bond acceptors (Lipinski definition) is 5. The Hall–Kier alpha value is -0.760. The summed E-state index contributed by atoms with van der Waals surface area (Å²) in [4.78, 5) is 28.5. The van der Waals surface area contributed by atoms with Crippen LogP contribution in [-0.2, 0) is 4.79 Å². The number of nitrogens with one attached hydrogen (secondary N) is 1. The first kappa shape index (κ1) is 17.6. The smallest absolute Gasteiger partial charge is 0.254 e. The molecule has 8 heteroatoms. The third-order valence-electron chi connectivity index (χ3n) is 3.88. The van der Waals surface area contributed by atoms with Crippen molar-refractivity contribution in [3.63, 3.8) is 0 Å². The number of halogens is 1. The molecule has 1 aromatic rings. The summed E-state index contributed by atoms with van der Waals surface area (Å²) >= 11 is 3.30. The fraction of sp³-hybridized carbons (Fsp3) is 0.571. The molecule has 2 aliphatic heterocycles. The van der Waals surface area contributed by atoms with Crippen LogP contribution in [-0.4, -0.2) is 65.5 Å². The van der Waals surface area contributed by atoms with Crippen molar-refractivity contribution in [1.29, 1.82) is 0 Å². The maximum Gasteiger partial charge on any atom is 0.254 e. The molecule has 0 aliphatic carbocycles. The van der Waals surface area contributed by atoms with Crippen LogP contribution in [0.25, 0.3) is 0 Å². The normalized spacial score (nSPS) is 22.1. The van der Waals surface area contributed by atoms with Gasteiger partial charge in [-0.1, -0.05) is 0 Å². The Morgan fingerprint density at radius 1 is 1.18 bits per heavy atom. The molecule has 0 radical (unpaired) electrons. The zero-order valence-electron chi connectivity index (χ0n) is 12.2. The molecule has 0 aromatic carbocycles. The number of carbonyl (C=O) groups is 2. The second-order valence-corrected chi connectivity index (χ2v) is 7.07. The Morgan fingerprint density at radius 2 is 1.95 bits per heavy atom. The van der Waals surface area contributed by atoms with Crippen molar-refractivity contribution in [3.8, 4) is 0 Å². The number of nitrogens with zero attached hydrogens (tertiary/aromatic N) is 2. The lowest BCUT2D eigenvalue weighted by molar-refractivity contribution is -0.132. The number of hydrogen-bond donors (Lipinski definition) is 1. The molecule has 1 N–H and O–H groups in total. The van der Waals surface area contributed by atoms with Gasteiger partial charge in [-0.3, -0.25) is 14.9 Å². The Kier molecular flexibility index (Phi) is 6.55. The van der Waals surface area contributed by atoms with Crippen LogP contribution in [0.2, 0.25) is 0 Å². The van der Waals surface area contributed by atoms with E-state index in [1.807, 2.05) is 26.6 Å². The number of amides is 2. The van der Waals surface area contributed by atoms with Crippen LogP contribution in [0.3, 0.4) is 0 Å². The molecule has 2 fully saturated rings. The maximum absolute atomic E-state index is 12.4. The van der Waals surface area contributed by atoms with Crippen molar-refractivity contribution in [2.75, 3.05) is 37.8 Å². The van der Waals surface area contributed by atoms with Gasteiger partial charge in [-0.05, 0) is 17.9 Å². The average Bonchev–Trinajstić information content (AvgIpc) is 3.15. The van der Waals surface area contributed by atoms with Gasteiger partial charge in [-0.2, -0.15) is 11.3 Å². The van der Waals surface area contributed by atoms with Gasteiger partial charge in [-0.25, -0.2) is 0 Å². The Morgan fingerprint density at radius 3 is 2.64 bits per heavy atom. The van der Waals surface area contributed by atoms with Gasteiger partial charge in [0.15, 0.2) is 0 Å². The predicted octanol–water partition coefficient (Wildman–Crippen LogP) is 1.51. The summed E-state index contributed by atoms with van der Waals surface area (Å²) in [6.07, 6.45) is 0.849. The number of thiophene rings is 1. The molecule has 2 aliphatic rings. The summed E-state index contributed by atoms with van der Waals surface area (Å²) in [5.41, 5.74) is 0.758. The molecule has 2 saturated heterocycles. The minimum absolute atomic E-state index is 0. The zero-order chi connectivity index (χ0) is 14.7. The third-order valence-corrected chi connectivity index (χ3v) is 5.50. The molecule has 122 valence electrons. The molecule has 2 amide bonds. The lowest BCUT2D eigenvalue weighted by Crippen LogP contribution is -2.46. The van der Waals surface area contributed by atoms with E-state index in [-0.39, 0.29) is 30.3 Å².